The van der Waals surface area contributed by atoms with E-state index in [1.165, 1.54) is 18.2 Å². The maximum atomic E-state index is 13.3. The van der Waals surface area contributed by atoms with Crippen LogP contribution in [0.15, 0.2) is 30.7 Å². The summed E-state index contributed by atoms with van der Waals surface area (Å²) < 4.78 is 21.0. The summed E-state index contributed by atoms with van der Waals surface area (Å²) in [5.41, 5.74) is 1.28. The van der Waals surface area contributed by atoms with Gasteiger partial charge in [-0.1, -0.05) is 0 Å². The number of benzene rings is 1. The molecule has 1 atom stereocenters. The lowest BCUT2D eigenvalue weighted by Gasteiger charge is -2.26. The van der Waals surface area contributed by atoms with Gasteiger partial charge in [-0.15, -0.1) is 0 Å². The number of fused-ring (bicyclic) bond motifs is 1. The van der Waals surface area contributed by atoms with Crippen LogP contribution in [0.25, 0.3) is 0 Å². The molecule has 0 amide bonds. The summed E-state index contributed by atoms with van der Waals surface area (Å²) in [6.45, 7) is 4.06. The quantitative estimate of drug-likeness (QED) is 0.844. The normalized spacial score (nSPS) is 18.0. The van der Waals surface area contributed by atoms with Gasteiger partial charge in [0.15, 0.2) is 5.78 Å². The number of hydrogen-bond acceptors (Lipinski definition) is 3. The number of aromatic nitrogens is 2. The highest BCUT2D eigenvalue weighted by Crippen LogP contribution is 2.35. The van der Waals surface area contributed by atoms with Gasteiger partial charge < -0.3 is 9.30 Å². The van der Waals surface area contributed by atoms with Crippen molar-refractivity contribution in [2.75, 3.05) is 0 Å². The molecule has 20 heavy (non-hydrogen) atoms. The summed E-state index contributed by atoms with van der Waals surface area (Å²) >= 11 is 0. The van der Waals surface area contributed by atoms with Crippen molar-refractivity contribution in [2.45, 2.75) is 32.4 Å². The first kappa shape index (κ1) is 12.8. The SMILES string of the molecule is CC(C)n1cncc1C1CC(=O)c2ccc(F)cc2O1. The Kier molecular flexibility index (Phi) is 3.04. The van der Waals surface area contributed by atoms with Crippen LogP contribution in [0.2, 0.25) is 0 Å². The molecule has 0 aliphatic carbocycles. The molecule has 0 spiro atoms. The summed E-state index contributed by atoms with van der Waals surface area (Å²) in [5, 5.41) is 0. The zero-order valence-corrected chi connectivity index (χ0v) is 11.3. The average Bonchev–Trinajstić information content (AvgIpc) is 2.87. The van der Waals surface area contributed by atoms with Gasteiger partial charge in [-0.05, 0) is 26.0 Å². The van der Waals surface area contributed by atoms with Crippen LogP contribution in [-0.2, 0) is 0 Å². The molecule has 0 saturated heterocycles. The number of carbonyl (C=O) groups is 1. The van der Waals surface area contributed by atoms with Crippen LogP contribution in [0.5, 0.6) is 5.75 Å². The lowest BCUT2D eigenvalue weighted by atomic mass is 9.99. The molecule has 0 fully saturated rings. The Morgan fingerprint density at radius 3 is 3.00 bits per heavy atom. The average molecular weight is 274 g/mol. The highest BCUT2D eigenvalue weighted by molar-refractivity contribution is 5.99. The number of hydrogen-bond donors (Lipinski definition) is 0. The Balaban J connectivity index is 1.98. The molecule has 2 heterocycles. The van der Waals surface area contributed by atoms with Gasteiger partial charge in [0.1, 0.15) is 17.7 Å². The van der Waals surface area contributed by atoms with E-state index in [0.29, 0.717) is 11.3 Å². The second kappa shape index (κ2) is 4.74. The summed E-state index contributed by atoms with van der Waals surface area (Å²) in [6.07, 6.45) is 3.25. The molecule has 0 radical (unpaired) electrons. The molecule has 0 N–H and O–H groups in total. The Labute approximate surface area is 116 Å². The van der Waals surface area contributed by atoms with Crippen LogP contribution in [-0.4, -0.2) is 15.3 Å². The maximum Gasteiger partial charge on any atom is 0.170 e. The van der Waals surface area contributed by atoms with Crippen molar-refractivity contribution in [1.29, 1.82) is 0 Å². The zero-order valence-electron chi connectivity index (χ0n) is 11.3. The molecule has 104 valence electrons. The third-order valence-electron chi connectivity index (χ3n) is 3.47. The Morgan fingerprint density at radius 1 is 1.45 bits per heavy atom. The van der Waals surface area contributed by atoms with E-state index in [9.17, 15) is 9.18 Å². The molecule has 2 aromatic rings. The predicted octanol–water partition coefficient (Wildman–Crippen LogP) is 3.31. The van der Waals surface area contributed by atoms with Crippen LogP contribution >= 0.6 is 0 Å². The van der Waals surface area contributed by atoms with E-state index in [1.54, 1.807) is 12.5 Å². The minimum Gasteiger partial charge on any atom is -0.483 e. The molecule has 1 aromatic heterocycles. The summed E-state index contributed by atoms with van der Waals surface area (Å²) in [7, 11) is 0. The minimum absolute atomic E-state index is 0.0345. The molecule has 3 rings (SSSR count). The number of rotatable bonds is 2. The van der Waals surface area contributed by atoms with Gasteiger partial charge in [0.2, 0.25) is 0 Å². The van der Waals surface area contributed by atoms with Crippen LogP contribution < -0.4 is 4.74 Å². The van der Waals surface area contributed by atoms with Crippen molar-refractivity contribution < 1.29 is 13.9 Å². The zero-order chi connectivity index (χ0) is 14.3. The number of nitrogens with zero attached hydrogens (tertiary/aromatic N) is 2. The van der Waals surface area contributed by atoms with Crippen molar-refractivity contribution >= 4 is 5.78 Å². The van der Waals surface area contributed by atoms with Crippen molar-refractivity contribution in [3.63, 3.8) is 0 Å². The van der Waals surface area contributed by atoms with Gasteiger partial charge in [-0.2, -0.15) is 0 Å². The van der Waals surface area contributed by atoms with Crippen LogP contribution in [0.4, 0.5) is 4.39 Å². The molecule has 1 aliphatic heterocycles. The van der Waals surface area contributed by atoms with E-state index in [-0.39, 0.29) is 18.2 Å². The summed E-state index contributed by atoms with van der Waals surface area (Å²) in [5.74, 6) is -0.134. The van der Waals surface area contributed by atoms with Crippen molar-refractivity contribution in [3.8, 4) is 5.75 Å². The summed E-state index contributed by atoms with van der Waals surface area (Å²) in [6, 6.07) is 4.23. The van der Waals surface area contributed by atoms with Gasteiger partial charge in [0.05, 0.1) is 30.2 Å². The predicted molar refractivity (Wildman–Crippen MR) is 71.3 cm³/mol. The summed E-state index contributed by atoms with van der Waals surface area (Å²) in [4.78, 5) is 16.3. The third-order valence-corrected chi connectivity index (χ3v) is 3.47. The van der Waals surface area contributed by atoms with E-state index in [4.69, 9.17) is 4.74 Å². The fourth-order valence-corrected chi connectivity index (χ4v) is 2.46. The molecule has 1 aliphatic rings. The van der Waals surface area contributed by atoms with Gasteiger partial charge in [0.25, 0.3) is 0 Å². The number of Topliss-reactive ketones (excluding diaryl/α,β-unsaturated/α-hetero) is 1. The molecule has 1 unspecified atom stereocenters. The lowest BCUT2D eigenvalue weighted by Crippen LogP contribution is -2.23. The van der Waals surface area contributed by atoms with Crippen LogP contribution in [0.1, 0.15) is 48.5 Å². The number of ketones is 1. The van der Waals surface area contributed by atoms with E-state index in [1.807, 2.05) is 18.4 Å². The monoisotopic (exact) mass is 274 g/mol. The Bertz CT molecular complexity index is 664. The molecular weight excluding hydrogens is 259 g/mol. The molecule has 4 nitrogen and oxygen atoms in total. The minimum atomic E-state index is -0.415. The van der Waals surface area contributed by atoms with Crippen molar-refractivity contribution in [2.24, 2.45) is 0 Å². The van der Waals surface area contributed by atoms with Crippen LogP contribution in [0, 0.1) is 5.82 Å². The maximum absolute atomic E-state index is 13.3. The fraction of sp³-hybridized carbons (Fsp3) is 0.333. The third kappa shape index (κ3) is 2.09. The highest BCUT2D eigenvalue weighted by atomic mass is 19.1. The van der Waals surface area contributed by atoms with Gasteiger partial charge in [-0.25, -0.2) is 9.37 Å². The smallest absolute Gasteiger partial charge is 0.170 e. The van der Waals surface area contributed by atoms with Crippen LogP contribution in [0.3, 0.4) is 0 Å². The standard InChI is InChI=1S/C15H15FN2O2/c1-9(2)18-8-17-7-12(18)15-6-13(19)11-4-3-10(16)5-14(11)20-15/h3-5,7-9,15H,6H2,1-2H3. The Morgan fingerprint density at radius 2 is 2.25 bits per heavy atom. The van der Waals surface area contributed by atoms with Gasteiger partial charge in [-0.3, -0.25) is 4.79 Å². The first-order valence-corrected chi connectivity index (χ1v) is 6.57. The molecule has 0 saturated carbocycles. The number of halogens is 1. The van der Waals surface area contributed by atoms with Gasteiger partial charge in [0, 0.05) is 12.1 Å². The first-order valence-electron chi connectivity index (χ1n) is 6.57. The molecular formula is C15H15FN2O2. The Hall–Kier alpha value is -2.17. The van der Waals surface area contributed by atoms with E-state index in [2.05, 4.69) is 4.98 Å². The second-order valence-corrected chi connectivity index (χ2v) is 5.19. The largest absolute Gasteiger partial charge is 0.483 e. The van der Waals surface area contributed by atoms with Gasteiger partial charge >= 0.3 is 0 Å². The number of carbonyl (C=O) groups excluding carboxylic acids is 1. The topological polar surface area (TPSA) is 44.1 Å². The molecule has 1 aromatic carbocycles. The number of imidazole rings is 1. The van der Waals surface area contributed by atoms with E-state index >= 15 is 0 Å². The first-order chi connectivity index (χ1) is 9.56. The molecule has 5 heteroatoms. The molecule has 0 bridgehead atoms. The van der Waals surface area contributed by atoms with Crippen molar-refractivity contribution in [3.05, 3.63) is 47.8 Å². The van der Waals surface area contributed by atoms with Crippen molar-refractivity contribution in [1.82, 2.24) is 9.55 Å². The number of ether oxygens (including phenoxy) is 1. The lowest BCUT2D eigenvalue weighted by molar-refractivity contribution is 0.0837. The fourth-order valence-electron chi connectivity index (χ4n) is 2.46. The highest BCUT2D eigenvalue weighted by Gasteiger charge is 2.30. The van der Waals surface area contributed by atoms with E-state index < -0.39 is 11.9 Å². The van der Waals surface area contributed by atoms with E-state index in [0.717, 1.165) is 5.69 Å². The second-order valence-electron chi connectivity index (χ2n) is 5.19.